The molecule has 13 aromatic rings. The molecule has 0 radical (unpaired) electrons. The largest absolute Gasteiger partial charge is 0.455 e. The molecule has 0 unspecified atom stereocenters. The highest BCUT2D eigenvalue weighted by Crippen LogP contribution is 2.50. The Hall–Kier alpha value is -9.65. The zero-order valence-corrected chi connectivity index (χ0v) is 40.7. The predicted octanol–water partition coefficient (Wildman–Crippen LogP) is 17.4. The van der Waals surface area contributed by atoms with Crippen molar-refractivity contribution in [2.45, 2.75) is 19.3 Å². The molecule has 9 aromatic carbocycles. The summed E-state index contributed by atoms with van der Waals surface area (Å²) >= 11 is 0. The van der Waals surface area contributed by atoms with E-state index in [1.165, 1.54) is 33.0 Å². The van der Waals surface area contributed by atoms with Gasteiger partial charge in [0, 0.05) is 79.9 Å². The van der Waals surface area contributed by atoms with Gasteiger partial charge in [-0.3, -0.25) is 9.97 Å². The molecule has 0 N–H and O–H groups in total. The number of pyridine rings is 2. The molecule has 0 spiro atoms. The first-order chi connectivity index (χ1) is 36.4. The van der Waals surface area contributed by atoms with Crippen molar-refractivity contribution in [2.24, 2.45) is 0 Å². The molecule has 4 heterocycles. The number of rotatable bonds is 8. The predicted molar refractivity (Wildman–Crippen MR) is 301 cm³/mol. The number of hydrogen-bond acceptors (Lipinski definition) is 6. The molecule has 0 bridgehead atoms. The molecule has 0 saturated heterocycles. The first kappa shape index (κ1) is 43.2. The molecule has 1 aliphatic rings. The van der Waals surface area contributed by atoms with E-state index in [4.69, 9.17) is 19.4 Å². The summed E-state index contributed by atoms with van der Waals surface area (Å²) in [6.45, 7) is 4.61. The second-order valence-electron chi connectivity index (χ2n) is 19.7. The lowest BCUT2D eigenvalue weighted by Gasteiger charge is -2.21. The summed E-state index contributed by atoms with van der Waals surface area (Å²) < 4.78 is 7.02. The molecule has 0 amide bonds. The van der Waals surface area contributed by atoms with E-state index in [-0.39, 0.29) is 5.41 Å². The number of fused-ring (bicyclic) bond motifs is 7. The Morgan fingerprint density at radius 2 is 0.811 bits per heavy atom. The van der Waals surface area contributed by atoms with Crippen LogP contribution in [0.1, 0.15) is 25.0 Å². The molecule has 1 aliphatic carbocycles. The van der Waals surface area contributed by atoms with Gasteiger partial charge in [-0.15, -0.1) is 0 Å². The van der Waals surface area contributed by atoms with Crippen molar-refractivity contribution in [3.8, 4) is 101 Å². The Morgan fingerprint density at radius 3 is 1.45 bits per heavy atom. The van der Waals surface area contributed by atoms with Gasteiger partial charge in [-0.1, -0.05) is 184 Å². The van der Waals surface area contributed by atoms with Crippen LogP contribution >= 0.6 is 0 Å². The van der Waals surface area contributed by atoms with Crippen LogP contribution in [0.3, 0.4) is 0 Å². The van der Waals surface area contributed by atoms with Gasteiger partial charge in [-0.2, -0.15) is 0 Å². The Balaban J connectivity index is 0.854. The van der Waals surface area contributed by atoms with Gasteiger partial charge in [0.2, 0.25) is 0 Å². The van der Waals surface area contributed by atoms with Gasteiger partial charge in [0.25, 0.3) is 0 Å². The number of furan rings is 1. The van der Waals surface area contributed by atoms with Gasteiger partial charge < -0.3 is 4.42 Å². The van der Waals surface area contributed by atoms with E-state index in [1.807, 2.05) is 24.5 Å². The van der Waals surface area contributed by atoms with E-state index < -0.39 is 0 Å². The minimum atomic E-state index is -0.172. The van der Waals surface area contributed by atoms with Gasteiger partial charge in [0.1, 0.15) is 11.2 Å². The van der Waals surface area contributed by atoms with Crippen LogP contribution in [-0.4, -0.2) is 24.9 Å². The molecule has 0 fully saturated rings. The molecule has 4 aromatic heterocycles. The Morgan fingerprint density at radius 1 is 0.311 bits per heavy atom. The minimum Gasteiger partial charge on any atom is -0.455 e. The summed E-state index contributed by atoms with van der Waals surface area (Å²) in [4.78, 5) is 24.5. The third-order valence-electron chi connectivity index (χ3n) is 14.9. The minimum absolute atomic E-state index is 0.172. The standard InChI is InChI=1S/C68H45N5O/c1-68(2)61-20-6-5-15-57(61)58-32-31-49(39-62(58)68)67-72-65(45-26-21-43(22-27-45)48-30-23-42-11-3-4-12-47(42)35-48)71-66(73-67)46-28-24-44(25-29-46)55-16-7-18-59-60-19-8-17-56(64(60)74-63(55)59)54-37-52(50-13-9-33-69-40-50)36-53(38-54)51-14-10-34-70-41-51/h3-41H,1-2H3. The second-order valence-corrected chi connectivity index (χ2v) is 19.7. The number of para-hydroxylation sites is 2. The lowest BCUT2D eigenvalue weighted by Crippen LogP contribution is -2.15. The van der Waals surface area contributed by atoms with Crippen molar-refractivity contribution < 1.29 is 4.42 Å². The molecule has 6 nitrogen and oxygen atoms in total. The molecule has 0 atom stereocenters. The van der Waals surface area contributed by atoms with E-state index >= 15 is 0 Å². The van der Waals surface area contributed by atoms with Gasteiger partial charge in [-0.05, 0) is 109 Å². The maximum Gasteiger partial charge on any atom is 0.164 e. The highest BCUT2D eigenvalue weighted by molar-refractivity contribution is 6.13. The first-order valence-corrected chi connectivity index (χ1v) is 25.0. The van der Waals surface area contributed by atoms with Crippen molar-refractivity contribution >= 4 is 32.7 Å². The van der Waals surface area contributed by atoms with Crippen molar-refractivity contribution in [1.29, 1.82) is 0 Å². The molecule has 14 rings (SSSR count). The molecule has 0 aliphatic heterocycles. The topological polar surface area (TPSA) is 77.6 Å². The number of aromatic nitrogens is 5. The fourth-order valence-corrected chi connectivity index (χ4v) is 11.0. The van der Waals surface area contributed by atoms with E-state index in [0.29, 0.717) is 17.5 Å². The lowest BCUT2D eigenvalue weighted by atomic mass is 9.82. The third-order valence-corrected chi connectivity index (χ3v) is 14.9. The summed E-state index contributed by atoms with van der Waals surface area (Å²) in [6.07, 6.45) is 7.42. The van der Waals surface area contributed by atoms with Crippen LogP contribution in [0.15, 0.2) is 242 Å². The van der Waals surface area contributed by atoms with E-state index in [2.05, 4.69) is 224 Å². The maximum absolute atomic E-state index is 7.02. The smallest absolute Gasteiger partial charge is 0.164 e. The molecule has 74 heavy (non-hydrogen) atoms. The van der Waals surface area contributed by atoms with Crippen LogP contribution in [0.2, 0.25) is 0 Å². The van der Waals surface area contributed by atoms with E-state index in [0.717, 1.165) is 94.3 Å². The summed E-state index contributed by atoms with van der Waals surface area (Å²) in [5, 5.41) is 4.55. The lowest BCUT2D eigenvalue weighted by molar-refractivity contribution is 0.660. The van der Waals surface area contributed by atoms with E-state index in [1.54, 1.807) is 12.4 Å². The van der Waals surface area contributed by atoms with Gasteiger partial charge in [0.15, 0.2) is 17.5 Å². The third kappa shape index (κ3) is 7.38. The zero-order valence-electron chi connectivity index (χ0n) is 40.7. The SMILES string of the molecule is CC1(C)c2ccccc2-c2ccc(-c3nc(-c4ccc(-c5ccc6ccccc6c5)cc4)nc(-c4ccc(-c5cccc6c5oc5c(-c7cc(-c8cccnc8)cc(-c8cccnc8)c7)cccc56)cc4)n3)cc21. The van der Waals surface area contributed by atoms with Crippen LogP contribution in [0.25, 0.3) is 134 Å². The van der Waals surface area contributed by atoms with Crippen LogP contribution in [-0.2, 0) is 5.41 Å². The Bertz CT molecular complexity index is 4260. The fourth-order valence-electron chi connectivity index (χ4n) is 11.0. The van der Waals surface area contributed by atoms with Crippen LogP contribution in [0.5, 0.6) is 0 Å². The summed E-state index contributed by atoms with van der Waals surface area (Å²) in [5.41, 5.74) is 20.0. The molecule has 0 saturated carbocycles. The van der Waals surface area contributed by atoms with Crippen molar-refractivity contribution in [3.05, 3.63) is 248 Å². The summed E-state index contributed by atoms with van der Waals surface area (Å²) in [6, 6.07) is 75.1. The Labute approximate surface area is 428 Å². The summed E-state index contributed by atoms with van der Waals surface area (Å²) in [7, 11) is 0. The van der Waals surface area contributed by atoms with Crippen molar-refractivity contribution in [2.75, 3.05) is 0 Å². The first-order valence-electron chi connectivity index (χ1n) is 25.0. The average Bonchev–Trinajstić information content (AvgIpc) is 4.00. The Kier molecular flexibility index (Phi) is 10.1. The number of nitrogens with zero attached hydrogens (tertiary/aromatic N) is 5. The van der Waals surface area contributed by atoms with Crippen LogP contribution in [0, 0.1) is 0 Å². The molecular weight excluding hydrogens is 903 g/mol. The normalized spacial score (nSPS) is 12.6. The fraction of sp³-hybridized carbons (Fsp3) is 0.0441. The second kappa shape index (κ2) is 17.3. The van der Waals surface area contributed by atoms with Gasteiger partial charge in [0.05, 0.1) is 0 Å². The number of hydrogen-bond donors (Lipinski definition) is 0. The summed E-state index contributed by atoms with van der Waals surface area (Å²) in [5.74, 6) is 1.84. The van der Waals surface area contributed by atoms with Gasteiger partial charge >= 0.3 is 0 Å². The van der Waals surface area contributed by atoms with Crippen LogP contribution < -0.4 is 0 Å². The highest BCUT2D eigenvalue weighted by atomic mass is 16.3. The van der Waals surface area contributed by atoms with Crippen molar-refractivity contribution in [3.63, 3.8) is 0 Å². The van der Waals surface area contributed by atoms with Crippen LogP contribution in [0.4, 0.5) is 0 Å². The van der Waals surface area contributed by atoms with Crippen molar-refractivity contribution in [1.82, 2.24) is 24.9 Å². The average molecular weight is 948 g/mol. The maximum atomic E-state index is 7.02. The molecule has 6 heteroatoms. The highest BCUT2D eigenvalue weighted by Gasteiger charge is 2.35. The number of benzene rings is 9. The molecular formula is C68H45N5O. The molecule has 348 valence electrons. The zero-order chi connectivity index (χ0) is 49.3. The monoisotopic (exact) mass is 947 g/mol. The van der Waals surface area contributed by atoms with Gasteiger partial charge in [-0.25, -0.2) is 15.0 Å². The quantitative estimate of drug-likeness (QED) is 0.151. The van der Waals surface area contributed by atoms with E-state index in [9.17, 15) is 0 Å².